The second kappa shape index (κ2) is 5.94. The average molecular weight is 337 g/mol. The van der Waals surface area contributed by atoms with E-state index in [0.29, 0.717) is 28.7 Å². The Labute approximate surface area is 127 Å². The Balaban J connectivity index is 2.12. The van der Waals surface area contributed by atoms with Crippen LogP contribution in [0.2, 0.25) is 0 Å². The SMILES string of the molecule is COC1(C)CCN(C(=O)c2ccc(C#N)cc2Br)CC1. The van der Waals surface area contributed by atoms with Crippen LogP contribution in [0.15, 0.2) is 22.7 Å². The molecule has 0 saturated carbocycles. The molecular weight excluding hydrogens is 320 g/mol. The van der Waals surface area contributed by atoms with Crippen molar-refractivity contribution in [3.05, 3.63) is 33.8 Å². The lowest BCUT2D eigenvalue weighted by molar-refractivity contribution is -0.0379. The molecule has 1 aromatic rings. The van der Waals surface area contributed by atoms with E-state index < -0.39 is 0 Å². The maximum absolute atomic E-state index is 12.5. The lowest BCUT2D eigenvalue weighted by Gasteiger charge is -2.38. The van der Waals surface area contributed by atoms with Crippen LogP contribution < -0.4 is 0 Å². The van der Waals surface area contributed by atoms with E-state index in [2.05, 4.69) is 28.9 Å². The first kappa shape index (κ1) is 15.0. The Bertz CT molecular complexity index is 557. The quantitative estimate of drug-likeness (QED) is 0.834. The van der Waals surface area contributed by atoms with Crippen molar-refractivity contribution in [3.8, 4) is 6.07 Å². The number of carbonyl (C=O) groups excluding carboxylic acids is 1. The Hall–Kier alpha value is -1.38. The summed E-state index contributed by atoms with van der Waals surface area (Å²) in [4.78, 5) is 14.3. The fourth-order valence-electron chi connectivity index (χ4n) is 2.32. The van der Waals surface area contributed by atoms with Gasteiger partial charge in [0.1, 0.15) is 0 Å². The maximum atomic E-state index is 12.5. The van der Waals surface area contributed by atoms with Crippen molar-refractivity contribution in [2.24, 2.45) is 0 Å². The maximum Gasteiger partial charge on any atom is 0.255 e. The second-order valence-electron chi connectivity index (χ2n) is 5.25. The highest BCUT2D eigenvalue weighted by molar-refractivity contribution is 9.10. The van der Waals surface area contributed by atoms with Crippen LogP contribution in [0.1, 0.15) is 35.7 Å². The van der Waals surface area contributed by atoms with Crippen LogP contribution in [0.5, 0.6) is 0 Å². The molecule has 5 heteroatoms. The minimum absolute atomic E-state index is 0.000446. The zero-order chi connectivity index (χ0) is 14.8. The number of carbonyl (C=O) groups is 1. The van der Waals surface area contributed by atoms with E-state index >= 15 is 0 Å². The van der Waals surface area contributed by atoms with Crippen LogP contribution in [0, 0.1) is 11.3 Å². The summed E-state index contributed by atoms with van der Waals surface area (Å²) >= 11 is 3.37. The topological polar surface area (TPSA) is 53.3 Å². The highest BCUT2D eigenvalue weighted by Crippen LogP contribution is 2.27. The van der Waals surface area contributed by atoms with Crippen molar-refractivity contribution in [2.45, 2.75) is 25.4 Å². The number of methoxy groups -OCH3 is 1. The first-order valence-corrected chi connectivity index (χ1v) is 7.32. The lowest BCUT2D eigenvalue weighted by Crippen LogP contribution is -2.46. The minimum atomic E-state index is -0.126. The summed E-state index contributed by atoms with van der Waals surface area (Å²) in [6.07, 6.45) is 1.67. The molecule has 2 rings (SSSR count). The molecule has 4 nitrogen and oxygen atoms in total. The molecule has 1 saturated heterocycles. The Morgan fingerprint density at radius 2 is 2.10 bits per heavy atom. The molecule has 0 N–H and O–H groups in total. The van der Waals surface area contributed by atoms with E-state index in [4.69, 9.17) is 10.00 Å². The molecule has 1 aromatic carbocycles. The van der Waals surface area contributed by atoms with Gasteiger partial charge in [0.25, 0.3) is 5.91 Å². The third-order valence-electron chi connectivity index (χ3n) is 3.93. The second-order valence-corrected chi connectivity index (χ2v) is 6.11. The normalized spacial score (nSPS) is 17.6. The number of rotatable bonds is 2. The molecule has 0 spiro atoms. The van der Waals surface area contributed by atoms with Gasteiger partial charge in [0, 0.05) is 24.7 Å². The summed E-state index contributed by atoms with van der Waals surface area (Å²) in [7, 11) is 1.72. The summed E-state index contributed by atoms with van der Waals surface area (Å²) < 4.78 is 6.15. The van der Waals surface area contributed by atoms with Crippen LogP contribution in [0.3, 0.4) is 0 Å². The standard InChI is InChI=1S/C15H17BrN2O2/c1-15(20-2)5-7-18(8-6-15)14(19)12-4-3-11(10-17)9-13(12)16/h3-4,9H,5-8H2,1-2H3. The molecule has 0 bridgehead atoms. The van der Waals surface area contributed by atoms with E-state index in [1.165, 1.54) is 0 Å². The molecule has 0 aromatic heterocycles. The van der Waals surface area contributed by atoms with Gasteiger partial charge in [-0.15, -0.1) is 0 Å². The molecule has 20 heavy (non-hydrogen) atoms. The van der Waals surface area contributed by atoms with E-state index in [1.807, 2.05) is 4.90 Å². The number of piperidine rings is 1. The molecular formula is C15H17BrN2O2. The third kappa shape index (κ3) is 3.02. The number of nitrogens with zero attached hydrogens (tertiary/aromatic N) is 2. The first-order chi connectivity index (χ1) is 9.49. The number of hydrogen-bond donors (Lipinski definition) is 0. The molecule has 1 aliphatic rings. The Morgan fingerprint density at radius 1 is 1.45 bits per heavy atom. The van der Waals surface area contributed by atoms with E-state index in [0.717, 1.165) is 12.8 Å². The fourth-order valence-corrected chi connectivity index (χ4v) is 2.86. The van der Waals surface area contributed by atoms with E-state index in [1.54, 1.807) is 25.3 Å². The number of likely N-dealkylation sites (tertiary alicyclic amines) is 1. The molecule has 106 valence electrons. The van der Waals surface area contributed by atoms with Gasteiger partial charge in [0.05, 0.1) is 22.8 Å². The summed E-state index contributed by atoms with van der Waals surface area (Å²) in [5, 5.41) is 8.84. The summed E-state index contributed by atoms with van der Waals surface area (Å²) in [5.74, 6) is -0.000446. The van der Waals surface area contributed by atoms with Gasteiger partial charge in [-0.3, -0.25) is 4.79 Å². The molecule has 1 amide bonds. The number of benzene rings is 1. The Kier molecular flexibility index (Phi) is 4.46. The monoisotopic (exact) mass is 336 g/mol. The predicted octanol–water partition coefficient (Wildman–Crippen LogP) is 2.96. The molecule has 0 atom stereocenters. The highest BCUT2D eigenvalue weighted by Gasteiger charge is 2.32. The molecule has 0 radical (unpaired) electrons. The first-order valence-electron chi connectivity index (χ1n) is 6.53. The van der Waals surface area contributed by atoms with E-state index in [-0.39, 0.29) is 11.5 Å². The van der Waals surface area contributed by atoms with Gasteiger partial charge < -0.3 is 9.64 Å². The molecule has 0 aliphatic carbocycles. The number of amides is 1. The Morgan fingerprint density at radius 3 is 2.60 bits per heavy atom. The minimum Gasteiger partial charge on any atom is -0.378 e. The third-order valence-corrected chi connectivity index (χ3v) is 4.59. The smallest absolute Gasteiger partial charge is 0.255 e. The molecule has 1 heterocycles. The summed E-state index contributed by atoms with van der Waals surface area (Å²) in [6.45, 7) is 3.46. The van der Waals surface area contributed by atoms with Crippen molar-refractivity contribution >= 4 is 21.8 Å². The zero-order valence-corrected chi connectivity index (χ0v) is 13.2. The number of ether oxygens (including phenoxy) is 1. The van der Waals surface area contributed by atoms with E-state index in [9.17, 15) is 4.79 Å². The van der Waals surface area contributed by atoms with Gasteiger partial charge >= 0.3 is 0 Å². The summed E-state index contributed by atoms with van der Waals surface area (Å²) in [5.41, 5.74) is 1.02. The largest absolute Gasteiger partial charge is 0.378 e. The van der Waals surface area contributed by atoms with Crippen molar-refractivity contribution in [2.75, 3.05) is 20.2 Å². The van der Waals surface area contributed by atoms with Crippen LogP contribution >= 0.6 is 15.9 Å². The number of hydrogen-bond acceptors (Lipinski definition) is 3. The van der Waals surface area contributed by atoms with Crippen molar-refractivity contribution in [1.29, 1.82) is 5.26 Å². The molecule has 1 fully saturated rings. The summed E-state index contributed by atoms with van der Waals surface area (Å²) in [6, 6.07) is 7.11. The highest BCUT2D eigenvalue weighted by atomic mass is 79.9. The zero-order valence-electron chi connectivity index (χ0n) is 11.6. The van der Waals surface area contributed by atoms with Crippen molar-refractivity contribution < 1.29 is 9.53 Å². The van der Waals surface area contributed by atoms with Gasteiger partial charge in [-0.1, -0.05) is 0 Å². The molecule has 1 aliphatic heterocycles. The van der Waals surface area contributed by atoms with Crippen LogP contribution in [-0.4, -0.2) is 36.6 Å². The van der Waals surface area contributed by atoms with Gasteiger partial charge in [-0.05, 0) is 53.9 Å². The fraction of sp³-hybridized carbons (Fsp3) is 0.467. The van der Waals surface area contributed by atoms with Crippen molar-refractivity contribution in [3.63, 3.8) is 0 Å². The number of nitriles is 1. The van der Waals surface area contributed by atoms with Crippen LogP contribution in [-0.2, 0) is 4.74 Å². The predicted molar refractivity (Wildman–Crippen MR) is 79.4 cm³/mol. The van der Waals surface area contributed by atoms with Crippen molar-refractivity contribution in [1.82, 2.24) is 4.90 Å². The van der Waals surface area contributed by atoms with Gasteiger partial charge in [-0.2, -0.15) is 5.26 Å². The van der Waals surface area contributed by atoms with Gasteiger partial charge in [0.15, 0.2) is 0 Å². The average Bonchev–Trinajstić information content (AvgIpc) is 2.47. The van der Waals surface area contributed by atoms with Crippen LogP contribution in [0.4, 0.5) is 0 Å². The molecule has 0 unspecified atom stereocenters. The van der Waals surface area contributed by atoms with Gasteiger partial charge in [-0.25, -0.2) is 0 Å². The van der Waals surface area contributed by atoms with Gasteiger partial charge in [0.2, 0.25) is 0 Å². The van der Waals surface area contributed by atoms with Crippen LogP contribution in [0.25, 0.3) is 0 Å². The number of halogens is 1. The lowest BCUT2D eigenvalue weighted by atomic mass is 9.93.